The highest BCUT2D eigenvalue weighted by Crippen LogP contribution is 2.28. The fraction of sp³-hybridized carbons (Fsp3) is 0.562. The Morgan fingerprint density at radius 1 is 1.32 bits per heavy atom. The zero-order valence-electron chi connectivity index (χ0n) is 11.4. The molecule has 1 saturated carbocycles. The molecule has 0 N–H and O–H groups in total. The van der Waals surface area contributed by atoms with Crippen LogP contribution in [0.5, 0.6) is 0 Å². The average Bonchev–Trinajstić information content (AvgIpc) is 2.46. The molecule has 2 atom stereocenters. The molecule has 3 heteroatoms. The lowest BCUT2D eigenvalue weighted by atomic mass is 9.85. The number of halogens is 1. The van der Waals surface area contributed by atoms with Crippen LogP contribution in [0.2, 0.25) is 0 Å². The van der Waals surface area contributed by atoms with Gasteiger partial charge in [0.25, 0.3) is 0 Å². The van der Waals surface area contributed by atoms with Crippen LogP contribution in [0.25, 0.3) is 0 Å². The minimum atomic E-state index is 0.0751. The summed E-state index contributed by atoms with van der Waals surface area (Å²) in [6.07, 6.45) is 6.26. The van der Waals surface area contributed by atoms with Crippen LogP contribution in [0, 0.1) is 5.92 Å². The Bertz CT molecular complexity index is 413. The van der Waals surface area contributed by atoms with Crippen LogP contribution in [-0.2, 0) is 4.74 Å². The Hall–Kier alpha value is -0.670. The van der Waals surface area contributed by atoms with E-state index in [1.807, 2.05) is 24.3 Å². The molecular weight excluding hydrogens is 304 g/mol. The molecule has 0 spiro atoms. The summed E-state index contributed by atoms with van der Waals surface area (Å²) in [6, 6.07) is 7.46. The molecule has 0 heterocycles. The summed E-state index contributed by atoms with van der Waals surface area (Å²) in [5.74, 6) is 0.854. The van der Waals surface area contributed by atoms with E-state index in [-0.39, 0.29) is 18.5 Å². The van der Waals surface area contributed by atoms with Crippen LogP contribution < -0.4 is 0 Å². The van der Waals surface area contributed by atoms with Crippen LogP contribution >= 0.6 is 15.9 Å². The highest BCUT2D eigenvalue weighted by Gasteiger charge is 2.22. The zero-order chi connectivity index (χ0) is 13.7. The number of carbonyl (C=O) groups is 1. The first kappa shape index (κ1) is 14.7. The monoisotopic (exact) mass is 324 g/mol. The minimum absolute atomic E-state index is 0.0751. The maximum Gasteiger partial charge on any atom is 0.188 e. The van der Waals surface area contributed by atoms with Crippen molar-refractivity contribution in [1.29, 1.82) is 0 Å². The molecule has 104 valence electrons. The highest BCUT2D eigenvalue weighted by atomic mass is 79.9. The van der Waals surface area contributed by atoms with Crippen molar-refractivity contribution in [2.45, 2.75) is 45.1 Å². The van der Waals surface area contributed by atoms with Crippen molar-refractivity contribution in [1.82, 2.24) is 0 Å². The van der Waals surface area contributed by atoms with E-state index in [4.69, 9.17) is 4.74 Å². The fourth-order valence-electron chi connectivity index (χ4n) is 2.68. The van der Waals surface area contributed by atoms with Gasteiger partial charge in [-0.3, -0.25) is 4.79 Å². The number of ketones is 1. The van der Waals surface area contributed by atoms with Gasteiger partial charge in [0.15, 0.2) is 5.78 Å². The van der Waals surface area contributed by atoms with Crippen molar-refractivity contribution in [3.8, 4) is 0 Å². The van der Waals surface area contributed by atoms with Gasteiger partial charge in [-0.2, -0.15) is 0 Å². The zero-order valence-corrected chi connectivity index (χ0v) is 13.0. The average molecular weight is 325 g/mol. The molecule has 1 fully saturated rings. The van der Waals surface area contributed by atoms with E-state index >= 15 is 0 Å². The van der Waals surface area contributed by atoms with Gasteiger partial charge in [0.05, 0.1) is 6.10 Å². The fourth-order valence-corrected chi connectivity index (χ4v) is 2.94. The number of ether oxygens (including phenoxy) is 1. The number of hydrogen-bond donors (Lipinski definition) is 0. The number of rotatable bonds is 5. The molecule has 0 radical (unpaired) electrons. The highest BCUT2D eigenvalue weighted by molar-refractivity contribution is 9.10. The quantitative estimate of drug-likeness (QED) is 0.739. The second-order valence-corrected chi connectivity index (χ2v) is 6.22. The summed E-state index contributed by atoms with van der Waals surface area (Å²) in [5.41, 5.74) is 0.728. The van der Waals surface area contributed by atoms with E-state index in [2.05, 4.69) is 22.9 Å². The summed E-state index contributed by atoms with van der Waals surface area (Å²) < 4.78 is 6.79. The Labute approximate surface area is 123 Å². The van der Waals surface area contributed by atoms with Crippen LogP contribution in [0.4, 0.5) is 0 Å². The van der Waals surface area contributed by atoms with E-state index < -0.39 is 0 Å². The van der Waals surface area contributed by atoms with Crippen molar-refractivity contribution in [3.05, 3.63) is 34.3 Å². The van der Waals surface area contributed by atoms with Gasteiger partial charge in [-0.15, -0.1) is 0 Å². The van der Waals surface area contributed by atoms with E-state index in [9.17, 15) is 4.79 Å². The first-order chi connectivity index (χ1) is 9.19. The van der Waals surface area contributed by atoms with Gasteiger partial charge in [0, 0.05) is 10.0 Å². The first-order valence-corrected chi connectivity index (χ1v) is 7.88. The van der Waals surface area contributed by atoms with E-state index in [1.165, 1.54) is 19.3 Å². The van der Waals surface area contributed by atoms with Crippen LogP contribution in [0.1, 0.15) is 49.4 Å². The van der Waals surface area contributed by atoms with Crippen LogP contribution in [0.15, 0.2) is 28.7 Å². The van der Waals surface area contributed by atoms with Crippen LogP contribution in [0.3, 0.4) is 0 Å². The number of benzene rings is 1. The summed E-state index contributed by atoms with van der Waals surface area (Å²) in [5, 5.41) is 0. The topological polar surface area (TPSA) is 26.3 Å². The molecule has 0 bridgehead atoms. The minimum Gasteiger partial charge on any atom is -0.370 e. The Balaban J connectivity index is 1.81. The van der Waals surface area contributed by atoms with Crippen molar-refractivity contribution in [2.24, 2.45) is 5.92 Å². The standard InChI is InChI=1S/C16H21BrO2/c1-2-12-4-3-5-15(10-12)19-11-16(18)13-6-8-14(17)9-7-13/h6-9,12,15H,2-5,10-11H2,1H3. The smallest absolute Gasteiger partial charge is 0.188 e. The molecule has 1 aliphatic carbocycles. The lowest BCUT2D eigenvalue weighted by molar-refractivity contribution is 0.0156. The Morgan fingerprint density at radius 2 is 2.05 bits per heavy atom. The third kappa shape index (κ3) is 4.43. The molecule has 1 aromatic carbocycles. The van der Waals surface area contributed by atoms with Gasteiger partial charge in [0.2, 0.25) is 0 Å². The van der Waals surface area contributed by atoms with Gasteiger partial charge < -0.3 is 4.74 Å². The van der Waals surface area contributed by atoms with Gasteiger partial charge >= 0.3 is 0 Å². The Morgan fingerprint density at radius 3 is 2.74 bits per heavy atom. The molecule has 0 saturated heterocycles. The molecule has 0 aromatic heterocycles. The first-order valence-electron chi connectivity index (χ1n) is 7.09. The summed E-state index contributed by atoms with van der Waals surface area (Å²) in [6.45, 7) is 2.45. The maximum atomic E-state index is 12.0. The SMILES string of the molecule is CCC1CCCC(OCC(=O)c2ccc(Br)cc2)C1. The summed E-state index contributed by atoms with van der Waals surface area (Å²) >= 11 is 3.37. The van der Waals surface area contributed by atoms with Gasteiger partial charge in [-0.1, -0.05) is 54.2 Å². The molecule has 0 amide bonds. The molecule has 2 nitrogen and oxygen atoms in total. The predicted molar refractivity (Wildman–Crippen MR) is 80.5 cm³/mol. The molecule has 2 unspecified atom stereocenters. The summed E-state index contributed by atoms with van der Waals surface area (Å²) in [4.78, 5) is 12.0. The van der Waals surface area contributed by atoms with Gasteiger partial charge in [-0.25, -0.2) is 0 Å². The largest absolute Gasteiger partial charge is 0.370 e. The van der Waals surface area contributed by atoms with Crippen molar-refractivity contribution in [3.63, 3.8) is 0 Å². The lowest BCUT2D eigenvalue weighted by Gasteiger charge is -2.28. The third-order valence-electron chi connectivity index (χ3n) is 3.93. The molecule has 1 aliphatic rings. The second-order valence-electron chi connectivity index (χ2n) is 5.30. The molecule has 2 rings (SSSR count). The molecule has 0 aliphatic heterocycles. The van der Waals surface area contributed by atoms with E-state index in [1.54, 1.807) is 0 Å². The number of carbonyl (C=O) groups excluding carboxylic acids is 1. The van der Waals surface area contributed by atoms with Crippen molar-refractivity contribution >= 4 is 21.7 Å². The number of hydrogen-bond acceptors (Lipinski definition) is 2. The predicted octanol–water partition coefficient (Wildman–Crippen LogP) is 4.62. The number of Topliss-reactive ketones (excluding diaryl/α,β-unsaturated/α-hetero) is 1. The summed E-state index contributed by atoms with van der Waals surface area (Å²) in [7, 11) is 0. The normalized spacial score (nSPS) is 23.3. The molecular formula is C16H21BrO2. The van der Waals surface area contributed by atoms with Gasteiger partial charge in [0.1, 0.15) is 6.61 Å². The molecule has 19 heavy (non-hydrogen) atoms. The lowest BCUT2D eigenvalue weighted by Crippen LogP contribution is -2.25. The van der Waals surface area contributed by atoms with E-state index in [0.29, 0.717) is 0 Å². The van der Waals surface area contributed by atoms with E-state index in [0.717, 1.165) is 28.8 Å². The maximum absolute atomic E-state index is 12.0. The second kappa shape index (κ2) is 7.20. The van der Waals surface area contributed by atoms with Crippen molar-refractivity contribution < 1.29 is 9.53 Å². The molecule has 1 aromatic rings. The van der Waals surface area contributed by atoms with Gasteiger partial charge in [-0.05, 0) is 30.9 Å². The van der Waals surface area contributed by atoms with Crippen molar-refractivity contribution in [2.75, 3.05) is 6.61 Å². The third-order valence-corrected chi connectivity index (χ3v) is 4.46. The Kier molecular flexibility index (Phi) is 5.59. The van der Waals surface area contributed by atoms with Crippen LogP contribution in [-0.4, -0.2) is 18.5 Å².